The molecule has 2 fully saturated rings. The smallest absolute Gasteiger partial charge is 0.225 e. The molecule has 1 aliphatic carbocycles. The Balaban J connectivity index is 1.48. The maximum Gasteiger partial charge on any atom is 0.225 e. The van der Waals surface area contributed by atoms with Crippen LogP contribution in [-0.2, 0) is 11.3 Å². The summed E-state index contributed by atoms with van der Waals surface area (Å²) in [6.07, 6.45) is 5.50. The van der Waals surface area contributed by atoms with Crippen molar-refractivity contribution >= 4 is 17.7 Å². The van der Waals surface area contributed by atoms with Crippen LogP contribution in [0.2, 0.25) is 0 Å². The van der Waals surface area contributed by atoms with E-state index in [-0.39, 0.29) is 12.0 Å². The average Bonchev–Trinajstić information content (AvgIpc) is 3.37. The number of amides is 1. The van der Waals surface area contributed by atoms with Gasteiger partial charge >= 0.3 is 0 Å². The van der Waals surface area contributed by atoms with E-state index in [9.17, 15) is 4.79 Å². The Morgan fingerprint density at radius 2 is 2.07 bits per heavy atom. The normalized spacial score (nSPS) is 20.8. The van der Waals surface area contributed by atoms with Crippen LogP contribution in [0.15, 0.2) is 23.2 Å². The molecule has 2 aliphatic rings. The minimum absolute atomic E-state index is 0.252. The number of pyridine rings is 1. The number of rotatable bonds is 5. The molecule has 0 bridgehead atoms. The summed E-state index contributed by atoms with van der Waals surface area (Å²) in [7, 11) is 5.74. The van der Waals surface area contributed by atoms with Gasteiger partial charge in [-0.15, -0.1) is 0 Å². The number of aliphatic imine (C=N–C) groups is 1. The molecule has 1 atom stereocenters. The second-order valence-electron chi connectivity index (χ2n) is 7.70. The Morgan fingerprint density at radius 3 is 2.78 bits per heavy atom. The second kappa shape index (κ2) is 9.06. The fourth-order valence-corrected chi connectivity index (χ4v) is 3.89. The number of likely N-dealkylation sites (tertiary alicyclic amines) is 1. The summed E-state index contributed by atoms with van der Waals surface area (Å²) in [5.41, 5.74) is 0.966. The lowest BCUT2D eigenvalue weighted by Crippen LogP contribution is -2.45. The second-order valence-corrected chi connectivity index (χ2v) is 7.70. The van der Waals surface area contributed by atoms with E-state index < -0.39 is 0 Å². The number of carbonyl (C=O) groups is 1. The zero-order valence-corrected chi connectivity index (χ0v) is 16.7. The molecule has 27 heavy (non-hydrogen) atoms. The molecule has 1 aromatic heterocycles. The SMILES string of the molecule is CN=C(NCc1cccc(N(C)C)n1)NC1CCN(C(=O)C2CCCC2)C1. The largest absolute Gasteiger partial charge is 0.363 e. The lowest BCUT2D eigenvalue weighted by molar-refractivity contribution is -0.134. The van der Waals surface area contributed by atoms with Crippen LogP contribution < -0.4 is 15.5 Å². The lowest BCUT2D eigenvalue weighted by atomic mass is 10.1. The first-order chi connectivity index (χ1) is 13.1. The van der Waals surface area contributed by atoms with E-state index in [1.165, 1.54) is 12.8 Å². The van der Waals surface area contributed by atoms with Crippen molar-refractivity contribution in [1.82, 2.24) is 20.5 Å². The topological polar surface area (TPSA) is 72.9 Å². The van der Waals surface area contributed by atoms with Crippen molar-refractivity contribution in [2.45, 2.75) is 44.7 Å². The highest BCUT2D eigenvalue weighted by atomic mass is 16.2. The van der Waals surface area contributed by atoms with Gasteiger partial charge in [-0.25, -0.2) is 4.98 Å². The molecule has 2 N–H and O–H groups in total. The summed E-state index contributed by atoms with van der Waals surface area (Å²) >= 11 is 0. The summed E-state index contributed by atoms with van der Waals surface area (Å²) < 4.78 is 0. The van der Waals surface area contributed by atoms with Crippen molar-refractivity contribution in [2.75, 3.05) is 39.1 Å². The number of carbonyl (C=O) groups excluding carboxylic acids is 1. The van der Waals surface area contributed by atoms with E-state index >= 15 is 0 Å². The van der Waals surface area contributed by atoms with Crippen molar-refractivity contribution in [3.8, 4) is 0 Å². The highest BCUT2D eigenvalue weighted by Gasteiger charge is 2.32. The molecule has 2 heterocycles. The number of nitrogens with one attached hydrogen (secondary N) is 2. The highest BCUT2D eigenvalue weighted by Crippen LogP contribution is 2.27. The first kappa shape index (κ1) is 19.5. The van der Waals surface area contributed by atoms with Crippen LogP contribution >= 0.6 is 0 Å². The van der Waals surface area contributed by atoms with Gasteiger partial charge in [-0.3, -0.25) is 9.79 Å². The maximum atomic E-state index is 12.6. The first-order valence-electron chi connectivity index (χ1n) is 9.96. The molecule has 1 amide bonds. The predicted molar refractivity (Wildman–Crippen MR) is 109 cm³/mol. The molecule has 7 heteroatoms. The fourth-order valence-electron chi connectivity index (χ4n) is 3.89. The lowest BCUT2D eigenvalue weighted by Gasteiger charge is -2.21. The maximum absolute atomic E-state index is 12.6. The third-order valence-corrected chi connectivity index (χ3v) is 5.46. The van der Waals surface area contributed by atoms with Gasteiger partial charge < -0.3 is 20.4 Å². The number of nitrogens with zero attached hydrogens (tertiary/aromatic N) is 4. The molecule has 148 valence electrons. The molecule has 3 rings (SSSR count). The highest BCUT2D eigenvalue weighted by molar-refractivity contribution is 5.81. The zero-order valence-electron chi connectivity index (χ0n) is 16.7. The van der Waals surface area contributed by atoms with Gasteiger partial charge in [-0.2, -0.15) is 0 Å². The molecule has 0 spiro atoms. The van der Waals surface area contributed by atoms with E-state index in [1.54, 1.807) is 7.05 Å². The van der Waals surface area contributed by atoms with Gasteiger partial charge in [-0.05, 0) is 31.4 Å². The molecular formula is C20H32N6O. The molecule has 0 radical (unpaired) electrons. The van der Waals surface area contributed by atoms with E-state index in [0.717, 1.165) is 49.8 Å². The first-order valence-corrected chi connectivity index (χ1v) is 9.96. The Morgan fingerprint density at radius 1 is 1.30 bits per heavy atom. The number of guanidine groups is 1. The van der Waals surface area contributed by atoms with Gasteiger partial charge in [0.05, 0.1) is 12.2 Å². The molecule has 1 aliphatic heterocycles. The summed E-state index contributed by atoms with van der Waals surface area (Å²) in [6.45, 7) is 2.22. The van der Waals surface area contributed by atoms with Crippen LogP contribution in [0, 0.1) is 5.92 Å². The van der Waals surface area contributed by atoms with Gasteiger partial charge in [0.2, 0.25) is 5.91 Å². The summed E-state index contributed by atoms with van der Waals surface area (Å²) in [6, 6.07) is 6.26. The fraction of sp³-hybridized carbons (Fsp3) is 0.650. The van der Waals surface area contributed by atoms with Crippen molar-refractivity contribution < 1.29 is 4.79 Å². The Kier molecular flexibility index (Phi) is 6.53. The van der Waals surface area contributed by atoms with Gasteiger partial charge in [0.25, 0.3) is 0 Å². The van der Waals surface area contributed by atoms with Crippen molar-refractivity contribution in [3.63, 3.8) is 0 Å². The van der Waals surface area contributed by atoms with Gasteiger partial charge in [0.1, 0.15) is 5.82 Å². The summed E-state index contributed by atoms with van der Waals surface area (Å²) in [5, 5.41) is 6.79. The van der Waals surface area contributed by atoms with E-state index in [4.69, 9.17) is 0 Å². The predicted octanol–water partition coefficient (Wildman–Crippen LogP) is 1.60. The Hall–Kier alpha value is -2.31. The molecule has 7 nitrogen and oxygen atoms in total. The van der Waals surface area contributed by atoms with Crippen molar-refractivity contribution in [1.29, 1.82) is 0 Å². The summed E-state index contributed by atoms with van der Waals surface area (Å²) in [5.74, 6) is 2.31. The van der Waals surface area contributed by atoms with E-state index in [0.29, 0.717) is 12.5 Å². The monoisotopic (exact) mass is 372 g/mol. The van der Waals surface area contributed by atoms with Crippen LogP contribution in [-0.4, -0.2) is 62.0 Å². The summed E-state index contributed by atoms with van der Waals surface area (Å²) in [4.78, 5) is 25.5. The number of aromatic nitrogens is 1. The minimum atomic E-state index is 0.252. The van der Waals surface area contributed by atoms with Crippen LogP contribution in [0.3, 0.4) is 0 Å². The molecule has 0 aromatic carbocycles. The Bertz CT molecular complexity index is 668. The molecule has 1 aromatic rings. The van der Waals surface area contributed by atoms with Crippen LogP contribution in [0.4, 0.5) is 5.82 Å². The van der Waals surface area contributed by atoms with E-state index in [2.05, 4.69) is 20.6 Å². The van der Waals surface area contributed by atoms with Crippen LogP contribution in [0.1, 0.15) is 37.8 Å². The number of anilines is 1. The number of hydrogen-bond donors (Lipinski definition) is 2. The molecular weight excluding hydrogens is 340 g/mol. The average molecular weight is 373 g/mol. The standard InChI is InChI=1S/C20H32N6O/c1-21-20(22-13-16-9-6-10-18(23-16)25(2)3)24-17-11-12-26(14-17)19(27)15-7-4-5-8-15/h6,9-10,15,17H,4-5,7-8,11-14H2,1-3H3,(H2,21,22,24). The number of hydrogen-bond acceptors (Lipinski definition) is 4. The van der Waals surface area contributed by atoms with Gasteiger partial charge in [-0.1, -0.05) is 18.9 Å². The third kappa shape index (κ3) is 5.11. The molecule has 1 unspecified atom stereocenters. The zero-order chi connectivity index (χ0) is 19.2. The van der Waals surface area contributed by atoms with Crippen molar-refractivity contribution in [2.24, 2.45) is 10.9 Å². The Labute approximate surface area is 162 Å². The van der Waals surface area contributed by atoms with Gasteiger partial charge in [0.15, 0.2) is 5.96 Å². The van der Waals surface area contributed by atoms with Crippen LogP contribution in [0.25, 0.3) is 0 Å². The van der Waals surface area contributed by atoms with Crippen molar-refractivity contribution in [3.05, 3.63) is 23.9 Å². The quantitative estimate of drug-likeness (QED) is 0.607. The van der Waals surface area contributed by atoms with Crippen LogP contribution in [0.5, 0.6) is 0 Å². The molecule has 1 saturated heterocycles. The third-order valence-electron chi connectivity index (χ3n) is 5.46. The van der Waals surface area contributed by atoms with Gasteiger partial charge in [0, 0.05) is 46.2 Å². The minimum Gasteiger partial charge on any atom is -0.363 e. The molecule has 1 saturated carbocycles. The van der Waals surface area contributed by atoms with E-state index in [1.807, 2.05) is 42.1 Å².